The van der Waals surface area contributed by atoms with Crippen molar-refractivity contribution in [1.29, 1.82) is 0 Å². The fourth-order valence-corrected chi connectivity index (χ4v) is 4.81. The average molecular weight is 436 g/mol. The largest absolute Gasteiger partial charge is 0.350 e. The van der Waals surface area contributed by atoms with Gasteiger partial charge in [-0.3, -0.25) is 9.89 Å². The number of aromatic amines is 1. The number of anilines is 3. The van der Waals surface area contributed by atoms with Gasteiger partial charge in [0, 0.05) is 43.0 Å². The maximum atomic E-state index is 13.1. The summed E-state index contributed by atoms with van der Waals surface area (Å²) in [5.74, 6) is 2.68. The molecule has 3 aromatic heterocycles. The monoisotopic (exact) mass is 435 g/mol. The zero-order chi connectivity index (χ0) is 21.5. The van der Waals surface area contributed by atoms with Crippen LogP contribution in [0.4, 0.5) is 17.6 Å². The van der Waals surface area contributed by atoms with Crippen molar-refractivity contribution >= 4 is 29.0 Å². The second-order valence-corrected chi connectivity index (χ2v) is 9.11. The Morgan fingerprint density at radius 2 is 2.12 bits per heavy atom. The molecule has 3 aromatic rings. The van der Waals surface area contributed by atoms with Crippen molar-refractivity contribution in [3.8, 4) is 0 Å². The fraction of sp³-hybridized carbons (Fsp3) is 0.545. The second-order valence-electron chi connectivity index (χ2n) is 9.11. The molecule has 1 aliphatic carbocycles. The van der Waals surface area contributed by atoms with Crippen LogP contribution >= 0.6 is 0 Å². The first-order valence-corrected chi connectivity index (χ1v) is 11.7. The number of H-pyrrole nitrogens is 1. The summed E-state index contributed by atoms with van der Waals surface area (Å²) in [4.78, 5) is 20.0. The average Bonchev–Trinajstić information content (AvgIpc) is 3.20. The molecule has 1 unspecified atom stereocenters. The number of carbonyl (C=O) groups excluding carboxylic acids is 1. The van der Waals surface area contributed by atoms with Gasteiger partial charge in [0.05, 0.1) is 0 Å². The van der Waals surface area contributed by atoms with E-state index in [0.29, 0.717) is 17.7 Å². The van der Waals surface area contributed by atoms with Gasteiger partial charge in [-0.15, -0.1) is 5.10 Å². The van der Waals surface area contributed by atoms with E-state index in [0.717, 1.165) is 56.7 Å². The van der Waals surface area contributed by atoms with Crippen LogP contribution < -0.4 is 20.9 Å². The van der Waals surface area contributed by atoms with Gasteiger partial charge in [0.15, 0.2) is 11.6 Å². The van der Waals surface area contributed by atoms with E-state index in [-0.39, 0.29) is 18.0 Å². The van der Waals surface area contributed by atoms with Gasteiger partial charge in [-0.1, -0.05) is 0 Å². The molecule has 0 aromatic carbocycles. The number of hydrogen-bond donors (Lipinski definition) is 4. The van der Waals surface area contributed by atoms with Crippen molar-refractivity contribution in [2.45, 2.75) is 56.5 Å². The van der Waals surface area contributed by atoms with Gasteiger partial charge in [-0.05, 0) is 57.2 Å². The Morgan fingerprint density at radius 3 is 2.97 bits per heavy atom. The SMILES string of the molecule is O=C(NC1CCCNC1)[C@H]1CCCN1c1nc(Nc2cc(C3CC3)[nH]n2)c2cccn2n1. The van der Waals surface area contributed by atoms with E-state index >= 15 is 0 Å². The summed E-state index contributed by atoms with van der Waals surface area (Å²) in [6, 6.07) is 5.94. The molecule has 0 spiro atoms. The molecular formula is C22H29N9O. The first kappa shape index (κ1) is 19.5. The smallest absolute Gasteiger partial charge is 0.246 e. The van der Waals surface area contributed by atoms with Crippen molar-refractivity contribution in [2.75, 3.05) is 29.9 Å². The number of fused-ring (bicyclic) bond motifs is 1. The molecule has 2 saturated heterocycles. The Kier molecular flexibility index (Phi) is 4.94. The summed E-state index contributed by atoms with van der Waals surface area (Å²) < 4.78 is 1.82. The van der Waals surface area contributed by atoms with Gasteiger partial charge >= 0.3 is 0 Å². The van der Waals surface area contributed by atoms with Crippen molar-refractivity contribution in [3.63, 3.8) is 0 Å². The predicted molar refractivity (Wildman–Crippen MR) is 121 cm³/mol. The molecule has 3 aliphatic rings. The molecule has 1 saturated carbocycles. The molecule has 0 bridgehead atoms. The van der Waals surface area contributed by atoms with Gasteiger partial charge in [0.25, 0.3) is 0 Å². The lowest BCUT2D eigenvalue weighted by Crippen LogP contribution is -2.51. The first-order chi connectivity index (χ1) is 15.7. The molecule has 32 heavy (non-hydrogen) atoms. The van der Waals surface area contributed by atoms with Crippen LogP contribution in [-0.2, 0) is 4.79 Å². The quantitative estimate of drug-likeness (QED) is 0.467. The third-order valence-corrected chi connectivity index (χ3v) is 6.70. The zero-order valence-corrected chi connectivity index (χ0v) is 18.0. The van der Waals surface area contributed by atoms with Crippen molar-refractivity contribution in [2.24, 2.45) is 0 Å². The Morgan fingerprint density at radius 1 is 1.19 bits per heavy atom. The maximum absolute atomic E-state index is 13.1. The molecule has 1 amide bonds. The lowest BCUT2D eigenvalue weighted by atomic mass is 10.1. The fourth-order valence-electron chi connectivity index (χ4n) is 4.81. The molecule has 10 heteroatoms. The lowest BCUT2D eigenvalue weighted by Gasteiger charge is -2.28. The first-order valence-electron chi connectivity index (χ1n) is 11.7. The Bertz CT molecular complexity index is 1110. The van der Waals surface area contributed by atoms with Gasteiger partial charge in [0.2, 0.25) is 11.9 Å². The topological polar surface area (TPSA) is 115 Å². The van der Waals surface area contributed by atoms with Crippen molar-refractivity contribution in [3.05, 3.63) is 30.1 Å². The number of rotatable bonds is 6. The van der Waals surface area contributed by atoms with Crippen LogP contribution in [-0.4, -0.2) is 62.4 Å². The number of piperidine rings is 1. The third kappa shape index (κ3) is 3.79. The Balaban J connectivity index is 1.25. The zero-order valence-electron chi connectivity index (χ0n) is 18.0. The molecule has 3 fully saturated rings. The number of carbonyl (C=O) groups is 1. The molecule has 5 heterocycles. The Labute approximate surface area is 186 Å². The summed E-state index contributed by atoms with van der Waals surface area (Å²) in [5.41, 5.74) is 2.04. The van der Waals surface area contributed by atoms with Crippen LogP contribution in [0, 0.1) is 0 Å². The molecule has 10 nitrogen and oxygen atoms in total. The van der Waals surface area contributed by atoms with Crippen LogP contribution in [0.2, 0.25) is 0 Å². The highest BCUT2D eigenvalue weighted by atomic mass is 16.2. The van der Waals surface area contributed by atoms with E-state index in [1.165, 1.54) is 18.5 Å². The van der Waals surface area contributed by atoms with Crippen LogP contribution in [0.1, 0.15) is 50.1 Å². The molecule has 168 valence electrons. The lowest BCUT2D eigenvalue weighted by molar-refractivity contribution is -0.123. The highest BCUT2D eigenvalue weighted by Gasteiger charge is 2.34. The van der Waals surface area contributed by atoms with Crippen LogP contribution in [0.3, 0.4) is 0 Å². The summed E-state index contributed by atoms with van der Waals surface area (Å²) in [6.07, 6.45) is 8.22. The summed E-state index contributed by atoms with van der Waals surface area (Å²) in [5, 5.41) is 22.2. The van der Waals surface area contributed by atoms with Crippen LogP contribution in [0.15, 0.2) is 24.4 Å². The second kappa shape index (κ2) is 8.09. The third-order valence-electron chi connectivity index (χ3n) is 6.70. The van der Waals surface area contributed by atoms with Crippen LogP contribution in [0.5, 0.6) is 0 Å². The number of nitrogens with one attached hydrogen (secondary N) is 4. The molecule has 4 N–H and O–H groups in total. The van der Waals surface area contributed by atoms with Crippen molar-refractivity contribution < 1.29 is 4.79 Å². The number of nitrogens with zero attached hydrogens (tertiary/aromatic N) is 5. The van der Waals surface area contributed by atoms with Gasteiger partial charge in [-0.2, -0.15) is 10.1 Å². The molecule has 2 atom stereocenters. The minimum Gasteiger partial charge on any atom is -0.350 e. The van der Waals surface area contributed by atoms with Crippen LogP contribution in [0.25, 0.3) is 5.52 Å². The Hall–Kier alpha value is -3.14. The highest BCUT2D eigenvalue weighted by Crippen LogP contribution is 2.39. The molecule has 6 rings (SSSR count). The minimum atomic E-state index is -0.246. The number of amides is 1. The van der Waals surface area contributed by atoms with E-state index in [1.54, 1.807) is 0 Å². The van der Waals surface area contributed by atoms with E-state index in [9.17, 15) is 4.79 Å². The molecular weight excluding hydrogens is 406 g/mol. The summed E-state index contributed by atoms with van der Waals surface area (Å²) >= 11 is 0. The standard InChI is InChI=1S/C22H29N9O/c32-21(24-15-4-1-9-23-13-15)18-6-2-10-30(18)22-26-20(17-5-3-11-31(17)29-22)25-19-12-16(27-28-19)14-7-8-14/h3,5,11-12,14-15,18,23H,1-2,4,6-10,13H2,(H,24,32)(H2,25,26,27,28,29)/t15?,18-/m1/s1. The summed E-state index contributed by atoms with van der Waals surface area (Å²) in [7, 11) is 0. The number of aromatic nitrogens is 5. The van der Waals surface area contributed by atoms with E-state index < -0.39 is 0 Å². The van der Waals surface area contributed by atoms with E-state index in [2.05, 4.69) is 32.2 Å². The van der Waals surface area contributed by atoms with Gasteiger partial charge in [-0.25, -0.2) is 4.52 Å². The summed E-state index contributed by atoms with van der Waals surface area (Å²) in [6.45, 7) is 2.63. The minimum absolute atomic E-state index is 0.0725. The van der Waals surface area contributed by atoms with Crippen molar-refractivity contribution in [1.82, 2.24) is 35.4 Å². The molecule has 2 aliphatic heterocycles. The number of hydrogen-bond acceptors (Lipinski definition) is 7. The van der Waals surface area contributed by atoms with Gasteiger partial charge in [0.1, 0.15) is 11.6 Å². The predicted octanol–water partition coefficient (Wildman–Crippen LogP) is 1.91. The van der Waals surface area contributed by atoms with E-state index in [1.807, 2.05) is 27.7 Å². The highest BCUT2D eigenvalue weighted by molar-refractivity contribution is 5.86. The maximum Gasteiger partial charge on any atom is 0.246 e. The van der Waals surface area contributed by atoms with E-state index in [4.69, 9.17) is 10.1 Å². The normalized spacial score (nSPS) is 23.6. The molecule has 0 radical (unpaired) electrons. The van der Waals surface area contributed by atoms with Gasteiger partial charge < -0.3 is 20.9 Å².